The Labute approximate surface area is 117 Å². The third kappa shape index (κ3) is 2.74. The van der Waals surface area contributed by atoms with E-state index in [0.717, 1.165) is 18.9 Å². The molecule has 21 heavy (non-hydrogen) atoms. The van der Waals surface area contributed by atoms with E-state index in [-0.39, 0.29) is 23.8 Å². The highest BCUT2D eigenvalue weighted by Crippen LogP contribution is 2.28. The normalized spacial score (nSPS) is 17.8. The monoisotopic (exact) mass is 294 g/mol. The Morgan fingerprint density at radius 2 is 2.24 bits per heavy atom. The predicted molar refractivity (Wildman–Crippen MR) is 65.5 cm³/mol. The molecule has 0 spiro atoms. The molecule has 1 N–H and O–H groups in total. The highest BCUT2D eigenvalue weighted by atomic mass is 16.6. The van der Waals surface area contributed by atoms with Gasteiger partial charge in [-0.15, -0.1) is 5.10 Å². The second-order valence-corrected chi connectivity index (χ2v) is 4.30. The summed E-state index contributed by atoms with van der Waals surface area (Å²) in [5, 5.41) is 20.2. The number of furan rings is 1. The van der Waals surface area contributed by atoms with Crippen molar-refractivity contribution >= 4 is 17.8 Å². The van der Waals surface area contributed by atoms with Crippen LogP contribution in [0.25, 0.3) is 0 Å². The van der Waals surface area contributed by atoms with Crippen LogP contribution in [0, 0.1) is 10.1 Å². The lowest BCUT2D eigenvalue weighted by atomic mass is 10.2. The number of aromatic nitrogens is 2. The van der Waals surface area contributed by atoms with Gasteiger partial charge in [-0.1, -0.05) is 5.10 Å². The standard InChI is InChI=1S/C11H10N4O6/c16-9(6-3-4-8(20-6)15(17)18)12-11-14-13-10(21-11)7-2-1-5-19-7/h3-4,7H,1-2,5H2,(H,12,14,16). The van der Waals surface area contributed by atoms with Crippen LogP contribution in [0.2, 0.25) is 0 Å². The molecule has 2 aromatic heterocycles. The van der Waals surface area contributed by atoms with Gasteiger partial charge in [-0.05, 0) is 18.9 Å². The Hall–Kier alpha value is -2.75. The fourth-order valence-electron chi connectivity index (χ4n) is 1.89. The minimum absolute atomic E-state index is 0.121. The summed E-state index contributed by atoms with van der Waals surface area (Å²) in [6, 6.07) is 2.15. The fraction of sp³-hybridized carbons (Fsp3) is 0.364. The van der Waals surface area contributed by atoms with Crippen LogP contribution >= 0.6 is 0 Å². The number of hydrogen-bond donors (Lipinski definition) is 1. The summed E-state index contributed by atoms with van der Waals surface area (Å²) in [6.07, 6.45) is 1.43. The molecule has 110 valence electrons. The first kappa shape index (κ1) is 13.2. The maximum atomic E-state index is 11.8. The summed E-state index contributed by atoms with van der Waals surface area (Å²) < 4.78 is 15.4. The van der Waals surface area contributed by atoms with E-state index in [1.165, 1.54) is 6.07 Å². The van der Waals surface area contributed by atoms with Gasteiger partial charge in [0.15, 0.2) is 5.76 Å². The second-order valence-electron chi connectivity index (χ2n) is 4.30. The minimum atomic E-state index is -0.737. The zero-order valence-corrected chi connectivity index (χ0v) is 10.6. The topological polar surface area (TPSA) is 134 Å². The molecule has 0 bridgehead atoms. The van der Waals surface area contributed by atoms with Gasteiger partial charge >= 0.3 is 11.9 Å². The Balaban J connectivity index is 1.67. The van der Waals surface area contributed by atoms with E-state index in [4.69, 9.17) is 13.6 Å². The molecule has 2 aromatic rings. The average Bonchev–Trinajstić information content (AvgIpc) is 3.19. The van der Waals surface area contributed by atoms with E-state index < -0.39 is 16.7 Å². The first-order valence-corrected chi connectivity index (χ1v) is 6.14. The van der Waals surface area contributed by atoms with Crippen LogP contribution in [-0.4, -0.2) is 27.6 Å². The van der Waals surface area contributed by atoms with E-state index >= 15 is 0 Å². The number of rotatable bonds is 4. The number of nitrogens with one attached hydrogen (secondary N) is 1. The molecule has 1 fully saturated rings. The lowest BCUT2D eigenvalue weighted by molar-refractivity contribution is -0.402. The molecule has 3 rings (SSSR count). The average molecular weight is 294 g/mol. The number of hydrogen-bond acceptors (Lipinski definition) is 8. The van der Waals surface area contributed by atoms with Crippen LogP contribution in [-0.2, 0) is 4.74 Å². The van der Waals surface area contributed by atoms with Crippen LogP contribution in [0.3, 0.4) is 0 Å². The highest BCUT2D eigenvalue weighted by molar-refractivity contribution is 6.01. The van der Waals surface area contributed by atoms with Crippen molar-refractivity contribution in [2.75, 3.05) is 11.9 Å². The largest absolute Gasteiger partial charge is 0.433 e. The minimum Gasteiger partial charge on any atom is -0.405 e. The van der Waals surface area contributed by atoms with Crippen molar-refractivity contribution in [1.82, 2.24) is 10.2 Å². The molecule has 1 amide bonds. The van der Waals surface area contributed by atoms with E-state index in [0.29, 0.717) is 6.61 Å². The molecular weight excluding hydrogens is 284 g/mol. The van der Waals surface area contributed by atoms with E-state index in [9.17, 15) is 14.9 Å². The molecule has 1 saturated heterocycles. The lowest BCUT2D eigenvalue weighted by Gasteiger charge is -2.01. The number of carbonyl (C=O) groups excluding carboxylic acids is 1. The van der Waals surface area contributed by atoms with Crippen molar-refractivity contribution in [3.8, 4) is 0 Å². The predicted octanol–water partition coefficient (Wildman–Crippen LogP) is 1.67. The van der Waals surface area contributed by atoms with Gasteiger partial charge in [0.25, 0.3) is 5.91 Å². The molecule has 10 nitrogen and oxygen atoms in total. The number of amides is 1. The van der Waals surface area contributed by atoms with Crippen molar-refractivity contribution in [3.05, 3.63) is 33.9 Å². The number of nitro groups is 1. The number of anilines is 1. The van der Waals surface area contributed by atoms with E-state index in [2.05, 4.69) is 15.5 Å². The molecule has 1 unspecified atom stereocenters. The van der Waals surface area contributed by atoms with Crippen molar-refractivity contribution in [3.63, 3.8) is 0 Å². The van der Waals surface area contributed by atoms with Gasteiger partial charge in [0.2, 0.25) is 5.89 Å². The Morgan fingerprint density at radius 3 is 2.90 bits per heavy atom. The molecule has 1 aliphatic rings. The quantitative estimate of drug-likeness (QED) is 0.664. The zero-order valence-electron chi connectivity index (χ0n) is 10.6. The first-order chi connectivity index (χ1) is 10.1. The highest BCUT2D eigenvalue weighted by Gasteiger charge is 2.25. The van der Waals surface area contributed by atoms with Gasteiger partial charge < -0.3 is 13.6 Å². The number of carbonyl (C=O) groups is 1. The third-order valence-electron chi connectivity index (χ3n) is 2.86. The zero-order chi connectivity index (χ0) is 14.8. The molecule has 10 heteroatoms. The van der Waals surface area contributed by atoms with Crippen molar-refractivity contribution < 1.29 is 23.3 Å². The third-order valence-corrected chi connectivity index (χ3v) is 2.86. The van der Waals surface area contributed by atoms with Crippen LogP contribution in [0.4, 0.5) is 11.9 Å². The van der Waals surface area contributed by atoms with Gasteiger partial charge in [0.1, 0.15) is 11.0 Å². The van der Waals surface area contributed by atoms with Gasteiger partial charge in [-0.2, -0.15) is 0 Å². The maximum absolute atomic E-state index is 11.8. The maximum Gasteiger partial charge on any atom is 0.433 e. The van der Waals surface area contributed by atoms with Crippen LogP contribution in [0.5, 0.6) is 0 Å². The molecule has 3 heterocycles. The summed E-state index contributed by atoms with van der Waals surface area (Å²) in [5.41, 5.74) is 0. The summed E-state index contributed by atoms with van der Waals surface area (Å²) >= 11 is 0. The smallest absolute Gasteiger partial charge is 0.405 e. The molecule has 0 radical (unpaired) electrons. The molecule has 1 aliphatic heterocycles. The fourth-order valence-corrected chi connectivity index (χ4v) is 1.89. The van der Waals surface area contributed by atoms with Crippen molar-refractivity contribution in [1.29, 1.82) is 0 Å². The molecule has 0 aliphatic carbocycles. The van der Waals surface area contributed by atoms with Gasteiger partial charge in [-0.3, -0.25) is 20.2 Å². The lowest BCUT2D eigenvalue weighted by Crippen LogP contribution is -2.11. The Kier molecular flexibility index (Phi) is 3.36. The van der Waals surface area contributed by atoms with E-state index in [1.807, 2.05) is 0 Å². The molecule has 1 atom stereocenters. The van der Waals surface area contributed by atoms with Crippen LogP contribution in [0.15, 0.2) is 21.0 Å². The Bertz CT molecular complexity index is 672. The van der Waals surface area contributed by atoms with Crippen LogP contribution in [0.1, 0.15) is 35.4 Å². The Morgan fingerprint density at radius 1 is 1.38 bits per heavy atom. The number of ether oxygens (including phenoxy) is 1. The molecular formula is C11H10N4O6. The van der Waals surface area contributed by atoms with Gasteiger partial charge in [0, 0.05) is 6.61 Å². The SMILES string of the molecule is O=C(Nc1nnc(C2CCCO2)o1)c1ccc([N+](=O)[O-])o1. The molecule has 0 saturated carbocycles. The van der Waals surface area contributed by atoms with Gasteiger partial charge in [-0.25, -0.2) is 0 Å². The van der Waals surface area contributed by atoms with Crippen molar-refractivity contribution in [2.45, 2.75) is 18.9 Å². The van der Waals surface area contributed by atoms with Crippen LogP contribution < -0.4 is 5.32 Å². The summed E-state index contributed by atoms with van der Waals surface area (Å²) in [6.45, 7) is 0.630. The second kappa shape index (κ2) is 5.32. The molecule has 0 aromatic carbocycles. The summed E-state index contributed by atoms with van der Waals surface area (Å²) in [4.78, 5) is 21.5. The summed E-state index contributed by atoms with van der Waals surface area (Å²) in [7, 11) is 0. The number of nitrogens with zero attached hydrogens (tertiary/aromatic N) is 3. The van der Waals surface area contributed by atoms with Gasteiger partial charge in [0.05, 0.1) is 6.07 Å². The summed E-state index contributed by atoms with van der Waals surface area (Å²) in [5.74, 6) is -1.18. The van der Waals surface area contributed by atoms with E-state index in [1.54, 1.807) is 0 Å². The first-order valence-electron chi connectivity index (χ1n) is 6.14. The van der Waals surface area contributed by atoms with Crippen molar-refractivity contribution in [2.24, 2.45) is 0 Å².